The van der Waals surface area contributed by atoms with Crippen molar-refractivity contribution in [2.24, 2.45) is 0 Å². The molecule has 2 unspecified atom stereocenters. The molecule has 1 saturated heterocycles. The lowest BCUT2D eigenvalue weighted by Gasteiger charge is -2.22. The summed E-state index contributed by atoms with van der Waals surface area (Å²) in [4.78, 5) is 8.65. The van der Waals surface area contributed by atoms with Crippen molar-refractivity contribution >= 4 is 11.4 Å². The summed E-state index contributed by atoms with van der Waals surface area (Å²) in [5, 5.41) is 34.3. The normalized spacial score (nSPS) is 19.2. The standard InChI is InChI=1S/C21H24N5O4/c1-24(2)16-8-6-14(7-9-16)12-25-13-18(27)11-19(25)21-22-20(23-30-21)15-4-3-5-17(10-15)26(28)29/h3-10,18-19,27-28H,11-13H2,1-2H3/q-1. The second-order valence-electron chi connectivity index (χ2n) is 7.68. The fourth-order valence-corrected chi connectivity index (χ4v) is 3.70. The Morgan fingerprint density at radius 2 is 1.93 bits per heavy atom. The number of β-amino-alcohol motifs (C(OH)–C–C–N with tert-alkyl or cyclic N) is 1. The van der Waals surface area contributed by atoms with Gasteiger partial charge in [-0.1, -0.05) is 29.4 Å². The number of aromatic nitrogens is 2. The van der Waals surface area contributed by atoms with Crippen molar-refractivity contribution in [1.82, 2.24) is 15.0 Å². The van der Waals surface area contributed by atoms with E-state index in [1.54, 1.807) is 12.1 Å². The Hall–Kier alpha value is -2.98. The van der Waals surface area contributed by atoms with Gasteiger partial charge in [0.05, 0.1) is 17.8 Å². The molecule has 0 spiro atoms. The fourth-order valence-electron chi connectivity index (χ4n) is 3.70. The van der Waals surface area contributed by atoms with Crippen molar-refractivity contribution in [3.63, 3.8) is 0 Å². The second-order valence-corrected chi connectivity index (χ2v) is 7.68. The molecule has 0 aliphatic carbocycles. The molecule has 4 rings (SSSR count). The maximum Gasteiger partial charge on any atom is 0.244 e. The van der Waals surface area contributed by atoms with E-state index in [0.717, 1.165) is 11.3 Å². The molecular formula is C21H24N5O4-. The molecule has 9 heteroatoms. The van der Waals surface area contributed by atoms with Crippen LogP contribution in [0.1, 0.15) is 23.9 Å². The zero-order valence-corrected chi connectivity index (χ0v) is 16.8. The Labute approximate surface area is 174 Å². The van der Waals surface area contributed by atoms with E-state index in [1.807, 2.05) is 19.0 Å². The third kappa shape index (κ3) is 4.29. The minimum Gasteiger partial charge on any atom is -0.733 e. The summed E-state index contributed by atoms with van der Waals surface area (Å²) >= 11 is 0. The van der Waals surface area contributed by atoms with Gasteiger partial charge >= 0.3 is 0 Å². The van der Waals surface area contributed by atoms with Gasteiger partial charge in [-0.3, -0.25) is 10.1 Å². The first-order valence-corrected chi connectivity index (χ1v) is 9.69. The van der Waals surface area contributed by atoms with E-state index in [4.69, 9.17) is 9.73 Å². The number of aliphatic hydroxyl groups is 1. The molecule has 2 N–H and O–H groups in total. The number of nitrogens with zero attached hydrogens (tertiary/aromatic N) is 5. The van der Waals surface area contributed by atoms with Gasteiger partial charge < -0.3 is 25.0 Å². The van der Waals surface area contributed by atoms with Gasteiger partial charge in [-0.25, -0.2) is 0 Å². The SMILES string of the molecule is CN(C)c1ccc(CN2CC(O)CC2c2nc(-c3cccc(N([O-])O)c3)no2)cc1. The molecule has 30 heavy (non-hydrogen) atoms. The van der Waals surface area contributed by atoms with Crippen molar-refractivity contribution < 1.29 is 14.8 Å². The molecule has 0 saturated carbocycles. The summed E-state index contributed by atoms with van der Waals surface area (Å²) in [6.07, 6.45) is 0.0285. The van der Waals surface area contributed by atoms with Crippen LogP contribution < -0.4 is 10.1 Å². The highest BCUT2D eigenvalue weighted by atomic mass is 16.8. The number of rotatable bonds is 6. The van der Waals surface area contributed by atoms with Crippen molar-refractivity contribution in [2.75, 3.05) is 30.8 Å². The van der Waals surface area contributed by atoms with E-state index >= 15 is 0 Å². The summed E-state index contributed by atoms with van der Waals surface area (Å²) in [6.45, 7) is 1.17. The average molecular weight is 410 g/mol. The van der Waals surface area contributed by atoms with Crippen molar-refractivity contribution in [2.45, 2.75) is 25.1 Å². The maximum atomic E-state index is 11.1. The van der Waals surface area contributed by atoms with Gasteiger partial charge in [0.2, 0.25) is 11.7 Å². The second kappa shape index (κ2) is 8.41. The Morgan fingerprint density at radius 3 is 2.63 bits per heavy atom. The molecule has 158 valence electrons. The van der Waals surface area contributed by atoms with Crippen LogP contribution in [0.3, 0.4) is 0 Å². The summed E-state index contributed by atoms with van der Waals surface area (Å²) in [5.41, 5.74) is 2.89. The van der Waals surface area contributed by atoms with Crippen molar-refractivity contribution in [3.05, 3.63) is 65.2 Å². The molecule has 2 aromatic carbocycles. The molecule has 1 aromatic heterocycles. The van der Waals surface area contributed by atoms with E-state index in [0.29, 0.717) is 36.8 Å². The monoisotopic (exact) mass is 410 g/mol. The predicted octanol–water partition coefficient (Wildman–Crippen LogP) is 2.80. The van der Waals surface area contributed by atoms with Gasteiger partial charge in [0.25, 0.3) is 0 Å². The highest BCUT2D eigenvalue weighted by Crippen LogP contribution is 2.34. The quantitative estimate of drug-likeness (QED) is 0.592. The molecule has 0 radical (unpaired) electrons. The van der Waals surface area contributed by atoms with Crippen LogP contribution in [-0.2, 0) is 6.54 Å². The zero-order valence-electron chi connectivity index (χ0n) is 16.8. The van der Waals surface area contributed by atoms with E-state index < -0.39 is 6.10 Å². The molecule has 2 heterocycles. The number of aliphatic hydroxyl groups excluding tert-OH is 1. The Bertz CT molecular complexity index is 989. The highest BCUT2D eigenvalue weighted by Gasteiger charge is 2.36. The summed E-state index contributed by atoms with van der Waals surface area (Å²) in [5.74, 6) is 0.741. The third-order valence-electron chi connectivity index (χ3n) is 5.27. The fraction of sp³-hybridized carbons (Fsp3) is 0.333. The zero-order chi connectivity index (χ0) is 21.3. The van der Waals surface area contributed by atoms with Crippen LogP contribution in [0, 0.1) is 5.21 Å². The summed E-state index contributed by atoms with van der Waals surface area (Å²) in [7, 11) is 4.00. The van der Waals surface area contributed by atoms with E-state index in [2.05, 4.69) is 39.3 Å². The van der Waals surface area contributed by atoms with Crippen LogP contribution in [0.4, 0.5) is 11.4 Å². The van der Waals surface area contributed by atoms with Gasteiger partial charge in [-0.05, 0) is 36.2 Å². The predicted molar refractivity (Wildman–Crippen MR) is 112 cm³/mol. The van der Waals surface area contributed by atoms with Crippen LogP contribution in [0.25, 0.3) is 11.4 Å². The lowest BCUT2D eigenvalue weighted by molar-refractivity contribution is 0.169. The number of likely N-dealkylation sites (tertiary alicyclic amines) is 1. The van der Waals surface area contributed by atoms with Gasteiger partial charge in [-0.15, -0.1) is 0 Å². The molecule has 1 aliphatic heterocycles. The minimum atomic E-state index is -0.474. The first kappa shape index (κ1) is 20.3. The van der Waals surface area contributed by atoms with E-state index in [-0.39, 0.29) is 17.0 Å². The molecule has 1 fully saturated rings. The van der Waals surface area contributed by atoms with Crippen LogP contribution in [0.2, 0.25) is 0 Å². The molecule has 2 atom stereocenters. The number of anilines is 2. The lowest BCUT2D eigenvalue weighted by atomic mass is 10.1. The van der Waals surface area contributed by atoms with Crippen LogP contribution >= 0.6 is 0 Å². The van der Waals surface area contributed by atoms with Crippen LogP contribution in [0.5, 0.6) is 0 Å². The Balaban J connectivity index is 1.53. The van der Waals surface area contributed by atoms with Gasteiger partial charge in [0.15, 0.2) is 0 Å². The molecule has 0 amide bonds. The topological polar surface area (TPSA) is 112 Å². The van der Waals surface area contributed by atoms with E-state index in [1.165, 1.54) is 12.1 Å². The lowest BCUT2D eigenvalue weighted by Crippen LogP contribution is -2.24. The Kier molecular flexibility index (Phi) is 5.69. The summed E-state index contributed by atoms with van der Waals surface area (Å²) in [6, 6.07) is 14.4. The minimum absolute atomic E-state index is 0.0814. The van der Waals surface area contributed by atoms with Crippen LogP contribution in [-0.4, -0.2) is 52.1 Å². The maximum absolute atomic E-state index is 11.1. The highest BCUT2D eigenvalue weighted by molar-refractivity contribution is 5.62. The smallest absolute Gasteiger partial charge is 0.244 e. The first-order valence-electron chi connectivity index (χ1n) is 9.69. The van der Waals surface area contributed by atoms with Crippen molar-refractivity contribution in [1.29, 1.82) is 0 Å². The Morgan fingerprint density at radius 1 is 1.17 bits per heavy atom. The molecular weight excluding hydrogens is 386 g/mol. The number of benzene rings is 2. The third-order valence-corrected chi connectivity index (χ3v) is 5.27. The van der Waals surface area contributed by atoms with Gasteiger partial charge in [0, 0.05) is 38.4 Å². The first-order chi connectivity index (χ1) is 14.4. The molecule has 9 nitrogen and oxygen atoms in total. The number of hydrogen-bond acceptors (Lipinski definition) is 9. The molecule has 3 aromatic rings. The molecule has 1 aliphatic rings. The van der Waals surface area contributed by atoms with E-state index in [9.17, 15) is 10.3 Å². The largest absolute Gasteiger partial charge is 0.733 e. The number of hydrogen-bond donors (Lipinski definition) is 2. The van der Waals surface area contributed by atoms with Crippen molar-refractivity contribution in [3.8, 4) is 11.4 Å². The van der Waals surface area contributed by atoms with Crippen LogP contribution in [0.15, 0.2) is 53.1 Å². The average Bonchev–Trinajstić information content (AvgIpc) is 3.35. The van der Waals surface area contributed by atoms with Gasteiger partial charge in [0.1, 0.15) is 0 Å². The molecule has 0 bridgehead atoms. The summed E-state index contributed by atoms with van der Waals surface area (Å²) < 4.78 is 5.50. The van der Waals surface area contributed by atoms with Gasteiger partial charge in [-0.2, -0.15) is 4.98 Å².